The molecule has 2 nitrogen and oxygen atoms in total. The van der Waals surface area contributed by atoms with Crippen LogP contribution in [0, 0.1) is 5.82 Å². The third-order valence-corrected chi connectivity index (χ3v) is 3.23. The molecule has 1 N–H and O–H groups in total. The van der Waals surface area contributed by atoms with Crippen LogP contribution >= 0.6 is 0 Å². The first-order valence-electron chi connectivity index (χ1n) is 6.59. The normalized spacial score (nSPS) is 13.8. The Morgan fingerprint density at radius 1 is 1.05 bits per heavy atom. The van der Waals surface area contributed by atoms with Crippen LogP contribution in [0.25, 0.3) is 0 Å². The highest BCUT2D eigenvalue weighted by atomic mass is 19.1. The third-order valence-electron chi connectivity index (χ3n) is 3.23. The van der Waals surface area contributed by atoms with Crippen molar-refractivity contribution in [2.24, 2.45) is 0 Å². The van der Waals surface area contributed by atoms with Gasteiger partial charge in [-0.3, -0.25) is 0 Å². The minimum Gasteiger partial charge on any atom is -0.494 e. The Bertz CT molecular complexity index is 564. The van der Waals surface area contributed by atoms with E-state index in [2.05, 4.69) is 0 Å². The number of rotatable bonds is 5. The molecule has 3 heteroatoms. The first kappa shape index (κ1) is 14.5. The molecule has 2 rings (SSSR count). The van der Waals surface area contributed by atoms with Crippen LogP contribution in [0.1, 0.15) is 18.1 Å². The summed E-state index contributed by atoms with van der Waals surface area (Å²) in [5, 5.41) is 10.5. The van der Waals surface area contributed by atoms with Crippen LogP contribution in [0.3, 0.4) is 0 Å². The molecule has 0 saturated carbocycles. The second kappa shape index (κ2) is 6.06. The van der Waals surface area contributed by atoms with Gasteiger partial charge in [0.05, 0.1) is 12.7 Å². The zero-order valence-electron chi connectivity index (χ0n) is 11.8. The summed E-state index contributed by atoms with van der Waals surface area (Å²) in [7, 11) is 1.43. The smallest absolute Gasteiger partial charge is 0.165 e. The van der Waals surface area contributed by atoms with Gasteiger partial charge in [0.1, 0.15) is 0 Å². The van der Waals surface area contributed by atoms with Gasteiger partial charge in [0.25, 0.3) is 0 Å². The van der Waals surface area contributed by atoms with Crippen molar-refractivity contribution in [1.29, 1.82) is 0 Å². The van der Waals surface area contributed by atoms with Crippen molar-refractivity contribution in [3.63, 3.8) is 0 Å². The van der Waals surface area contributed by atoms with Crippen molar-refractivity contribution >= 4 is 0 Å². The van der Waals surface area contributed by atoms with E-state index in [1.165, 1.54) is 13.2 Å². The van der Waals surface area contributed by atoms with Crippen LogP contribution < -0.4 is 4.74 Å². The summed E-state index contributed by atoms with van der Waals surface area (Å²) in [6, 6.07) is 14.6. The molecule has 0 spiro atoms. The van der Waals surface area contributed by atoms with Crippen LogP contribution in [0.15, 0.2) is 48.5 Å². The molecule has 0 aliphatic rings. The summed E-state index contributed by atoms with van der Waals surface area (Å²) in [4.78, 5) is 0. The van der Waals surface area contributed by atoms with Crippen LogP contribution in [-0.2, 0) is 12.8 Å². The molecule has 106 valence electrons. The van der Waals surface area contributed by atoms with Gasteiger partial charge < -0.3 is 9.84 Å². The molecule has 2 aromatic carbocycles. The maximum atomic E-state index is 13.6. The predicted octanol–water partition coefficient (Wildman–Crippen LogP) is 3.37. The predicted molar refractivity (Wildman–Crippen MR) is 77.4 cm³/mol. The van der Waals surface area contributed by atoms with Gasteiger partial charge in [-0.1, -0.05) is 36.4 Å². The molecule has 0 heterocycles. The zero-order chi connectivity index (χ0) is 14.6. The van der Waals surface area contributed by atoms with E-state index < -0.39 is 11.4 Å². The Labute approximate surface area is 118 Å². The van der Waals surface area contributed by atoms with E-state index in [0.717, 1.165) is 11.1 Å². The number of ether oxygens (including phenoxy) is 1. The van der Waals surface area contributed by atoms with Gasteiger partial charge in [-0.25, -0.2) is 4.39 Å². The van der Waals surface area contributed by atoms with E-state index in [0.29, 0.717) is 12.8 Å². The second-order valence-electron chi connectivity index (χ2n) is 5.30. The average Bonchev–Trinajstić information content (AvgIpc) is 2.39. The summed E-state index contributed by atoms with van der Waals surface area (Å²) >= 11 is 0. The Morgan fingerprint density at radius 3 is 2.30 bits per heavy atom. The van der Waals surface area contributed by atoms with Gasteiger partial charge in [0.2, 0.25) is 0 Å². The minimum atomic E-state index is -0.914. The first-order chi connectivity index (χ1) is 9.50. The average molecular weight is 274 g/mol. The lowest BCUT2D eigenvalue weighted by atomic mass is 9.90. The highest BCUT2D eigenvalue weighted by Gasteiger charge is 2.22. The van der Waals surface area contributed by atoms with Gasteiger partial charge in [-0.15, -0.1) is 0 Å². The second-order valence-corrected chi connectivity index (χ2v) is 5.30. The molecule has 0 bridgehead atoms. The minimum absolute atomic E-state index is 0.219. The maximum Gasteiger partial charge on any atom is 0.165 e. The third kappa shape index (κ3) is 3.81. The lowest BCUT2D eigenvalue weighted by molar-refractivity contribution is 0.0607. The molecule has 0 aliphatic heterocycles. The summed E-state index contributed by atoms with van der Waals surface area (Å²) in [6.07, 6.45) is 0.921. The maximum absolute atomic E-state index is 13.6. The summed E-state index contributed by atoms with van der Waals surface area (Å²) in [5.74, 6) is -0.183. The van der Waals surface area contributed by atoms with Crippen LogP contribution in [0.5, 0.6) is 5.75 Å². The number of hydrogen-bond acceptors (Lipinski definition) is 2. The lowest BCUT2D eigenvalue weighted by Gasteiger charge is -2.23. The quantitative estimate of drug-likeness (QED) is 0.905. The van der Waals surface area contributed by atoms with E-state index in [4.69, 9.17) is 4.74 Å². The summed E-state index contributed by atoms with van der Waals surface area (Å²) in [6.45, 7) is 1.77. The molecule has 1 unspecified atom stereocenters. The molecule has 2 aromatic rings. The molecule has 0 saturated heterocycles. The fourth-order valence-electron chi connectivity index (χ4n) is 2.36. The van der Waals surface area contributed by atoms with E-state index in [1.807, 2.05) is 30.3 Å². The van der Waals surface area contributed by atoms with Gasteiger partial charge in [0, 0.05) is 12.8 Å². The van der Waals surface area contributed by atoms with Crippen molar-refractivity contribution in [3.8, 4) is 5.75 Å². The lowest BCUT2D eigenvalue weighted by Crippen LogP contribution is -2.30. The van der Waals surface area contributed by atoms with E-state index in [9.17, 15) is 9.50 Å². The zero-order valence-corrected chi connectivity index (χ0v) is 11.8. The molecule has 20 heavy (non-hydrogen) atoms. The fourth-order valence-corrected chi connectivity index (χ4v) is 2.36. The molecule has 0 amide bonds. The standard InChI is InChI=1S/C17H19FO2/c1-17(19,11-13-6-4-3-5-7-13)12-14-8-9-16(20-2)15(18)10-14/h3-10,19H,11-12H2,1-2H3. The number of halogens is 1. The van der Waals surface area contributed by atoms with Crippen LogP contribution in [-0.4, -0.2) is 17.8 Å². The van der Waals surface area contributed by atoms with E-state index >= 15 is 0 Å². The number of benzene rings is 2. The molecular weight excluding hydrogens is 255 g/mol. The molecule has 0 radical (unpaired) electrons. The SMILES string of the molecule is COc1ccc(CC(C)(O)Cc2ccccc2)cc1F. The highest BCUT2D eigenvalue weighted by molar-refractivity contribution is 5.30. The largest absolute Gasteiger partial charge is 0.494 e. The van der Waals surface area contributed by atoms with E-state index in [1.54, 1.807) is 19.1 Å². The van der Waals surface area contributed by atoms with Gasteiger partial charge in [0.15, 0.2) is 11.6 Å². The molecule has 0 aromatic heterocycles. The highest BCUT2D eigenvalue weighted by Crippen LogP contribution is 2.23. The van der Waals surface area contributed by atoms with E-state index in [-0.39, 0.29) is 5.75 Å². The Hall–Kier alpha value is -1.87. The molecule has 0 fully saturated rings. The summed E-state index contributed by atoms with van der Waals surface area (Å²) in [5.41, 5.74) is 0.901. The fraction of sp³-hybridized carbons (Fsp3) is 0.294. The van der Waals surface area contributed by atoms with Gasteiger partial charge in [-0.2, -0.15) is 0 Å². The number of hydrogen-bond donors (Lipinski definition) is 1. The topological polar surface area (TPSA) is 29.5 Å². The van der Waals surface area contributed by atoms with Crippen molar-refractivity contribution in [1.82, 2.24) is 0 Å². The number of aliphatic hydroxyl groups is 1. The van der Waals surface area contributed by atoms with Crippen molar-refractivity contribution < 1.29 is 14.2 Å². The molecule has 1 atom stereocenters. The van der Waals surface area contributed by atoms with Crippen molar-refractivity contribution in [2.75, 3.05) is 7.11 Å². The Balaban J connectivity index is 2.09. The van der Waals surface area contributed by atoms with Gasteiger partial charge >= 0.3 is 0 Å². The van der Waals surface area contributed by atoms with Gasteiger partial charge in [-0.05, 0) is 30.2 Å². The summed E-state index contributed by atoms with van der Waals surface area (Å²) < 4.78 is 18.5. The van der Waals surface area contributed by atoms with Crippen LogP contribution in [0.2, 0.25) is 0 Å². The first-order valence-corrected chi connectivity index (χ1v) is 6.59. The molecular formula is C17H19FO2. The molecule has 0 aliphatic carbocycles. The number of methoxy groups -OCH3 is 1. The monoisotopic (exact) mass is 274 g/mol. The Kier molecular flexibility index (Phi) is 4.40. The Morgan fingerprint density at radius 2 is 1.70 bits per heavy atom. The van der Waals surface area contributed by atoms with Crippen LogP contribution in [0.4, 0.5) is 4.39 Å². The van der Waals surface area contributed by atoms with Crippen molar-refractivity contribution in [3.05, 3.63) is 65.5 Å². The van der Waals surface area contributed by atoms with Crippen molar-refractivity contribution in [2.45, 2.75) is 25.4 Å².